The van der Waals surface area contributed by atoms with Crippen LogP contribution < -0.4 is 0 Å². The summed E-state index contributed by atoms with van der Waals surface area (Å²) in [6.45, 7) is 6.00. The molecule has 2 aromatic heterocycles. The van der Waals surface area contributed by atoms with Crippen molar-refractivity contribution >= 4 is 26.7 Å². The third-order valence-corrected chi connectivity index (χ3v) is 7.39. The lowest BCUT2D eigenvalue weighted by Crippen LogP contribution is -2.40. The number of fused-ring (bicyclic) bond motifs is 1. The van der Waals surface area contributed by atoms with E-state index in [9.17, 15) is 13.2 Å². The monoisotopic (exact) mass is 415 g/mol. The lowest BCUT2D eigenvalue weighted by Gasteiger charge is -2.26. The van der Waals surface area contributed by atoms with Crippen LogP contribution in [0.3, 0.4) is 0 Å². The average molecular weight is 416 g/mol. The highest BCUT2D eigenvalue weighted by atomic mass is 32.2. The summed E-state index contributed by atoms with van der Waals surface area (Å²) in [5.41, 5.74) is 2.61. The van der Waals surface area contributed by atoms with Crippen LogP contribution in [0, 0.1) is 13.8 Å². The van der Waals surface area contributed by atoms with Crippen molar-refractivity contribution in [2.45, 2.75) is 46.2 Å². The Bertz CT molecular complexity index is 1170. The molecule has 1 aromatic carbocycles. The zero-order valence-electron chi connectivity index (χ0n) is 16.9. The first-order valence-electron chi connectivity index (χ1n) is 9.86. The second kappa shape index (κ2) is 7.37. The van der Waals surface area contributed by atoms with Crippen molar-refractivity contribution in [2.24, 2.45) is 0 Å². The second-order valence-electron chi connectivity index (χ2n) is 7.74. The Balaban J connectivity index is 1.72. The van der Waals surface area contributed by atoms with Crippen molar-refractivity contribution in [2.75, 3.05) is 11.5 Å². The molecular weight excluding hydrogens is 390 g/mol. The minimum absolute atomic E-state index is 0.0301. The molecule has 1 amide bonds. The smallest absolute Gasteiger partial charge is 0.290 e. The zero-order chi connectivity index (χ0) is 20.8. The molecule has 7 heteroatoms. The van der Waals surface area contributed by atoms with Gasteiger partial charge in [0.25, 0.3) is 5.91 Å². The van der Waals surface area contributed by atoms with Gasteiger partial charge in [0.15, 0.2) is 15.6 Å². The highest BCUT2D eigenvalue weighted by Crippen LogP contribution is 2.30. The number of benzene rings is 1. The molecule has 0 bridgehead atoms. The summed E-state index contributed by atoms with van der Waals surface area (Å²) in [6.07, 6.45) is 1.32. The van der Waals surface area contributed by atoms with Crippen molar-refractivity contribution in [1.29, 1.82) is 0 Å². The molecule has 1 atom stereocenters. The third-order valence-electron chi connectivity index (χ3n) is 5.64. The fourth-order valence-corrected chi connectivity index (χ4v) is 5.68. The van der Waals surface area contributed by atoms with E-state index in [0.717, 1.165) is 23.1 Å². The summed E-state index contributed by atoms with van der Waals surface area (Å²) in [7, 11) is -3.14. The van der Waals surface area contributed by atoms with Crippen molar-refractivity contribution in [3.63, 3.8) is 0 Å². The van der Waals surface area contributed by atoms with Gasteiger partial charge in [-0.05, 0) is 56.5 Å². The van der Waals surface area contributed by atoms with Gasteiger partial charge in [-0.2, -0.15) is 0 Å². The number of sulfone groups is 1. The molecule has 1 fully saturated rings. The average Bonchev–Trinajstić information content (AvgIpc) is 3.36. The molecule has 0 aliphatic carbocycles. The molecule has 154 valence electrons. The largest absolute Gasteiger partial charge is 0.464 e. The normalized spacial score (nSPS) is 18.4. The summed E-state index contributed by atoms with van der Waals surface area (Å²) in [5.74, 6) is 1.41. The lowest BCUT2D eigenvalue weighted by atomic mass is 10.1. The third kappa shape index (κ3) is 3.83. The molecule has 1 aliphatic heterocycles. The van der Waals surface area contributed by atoms with Crippen molar-refractivity contribution in [3.05, 3.63) is 58.7 Å². The van der Waals surface area contributed by atoms with E-state index in [4.69, 9.17) is 8.83 Å². The predicted octanol–water partition coefficient (Wildman–Crippen LogP) is 4.03. The van der Waals surface area contributed by atoms with E-state index in [1.807, 2.05) is 44.2 Å². The molecule has 29 heavy (non-hydrogen) atoms. The van der Waals surface area contributed by atoms with Crippen LogP contribution >= 0.6 is 0 Å². The number of rotatable bonds is 5. The second-order valence-corrected chi connectivity index (χ2v) is 9.97. The number of amides is 1. The number of hydrogen-bond donors (Lipinski definition) is 0. The first kappa shape index (κ1) is 19.8. The molecule has 1 saturated heterocycles. The number of hydrogen-bond acceptors (Lipinski definition) is 5. The van der Waals surface area contributed by atoms with Gasteiger partial charge in [0.1, 0.15) is 17.1 Å². The maximum absolute atomic E-state index is 13.5. The molecule has 1 unspecified atom stereocenters. The number of nitrogens with zero attached hydrogens (tertiary/aromatic N) is 1. The number of furan rings is 2. The summed E-state index contributed by atoms with van der Waals surface area (Å²) < 4.78 is 35.7. The summed E-state index contributed by atoms with van der Waals surface area (Å²) >= 11 is 0. The Hall–Kier alpha value is -2.54. The zero-order valence-corrected chi connectivity index (χ0v) is 17.7. The molecular formula is C22H25NO5S. The highest BCUT2D eigenvalue weighted by Gasteiger charge is 2.37. The van der Waals surface area contributed by atoms with E-state index >= 15 is 0 Å². The Labute approximate surface area is 170 Å². The topological polar surface area (TPSA) is 80.7 Å². The van der Waals surface area contributed by atoms with Crippen molar-refractivity contribution in [1.82, 2.24) is 4.90 Å². The molecule has 3 heterocycles. The van der Waals surface area contributed by atoms with Gasteiger partial charge in [0.2, 0.25) is 0 Å². The van der Waals surface area contributed by atoms with E-state index in [-0.39, 0.29) is 29.7 Å². The van der Waals surface area contributed by atoms with Gasteiger partial charge in [-0.1, -0.05) is 13.0 Å². The van der Waals surface area contributed by atoms with Crippen LogP contribution in [-0.4, -0.2) is 36.8 Å². The van der Waals surface area contributed by atoms with Gasteiger partial charge in [-0.15, -0.1) is 0 Å². The van der Waals surface area contributed by atoms with Crippen LogP contribution in [0.1, 0.15) is 46.5 Å². The van der Waals surface area contributed by atoms with Gasteiger partial charge in [0, 0.05) is 17.0 Å². The minimum atomic E-state index is -3.14. The van der Waals surface area contributed by atoms with Gasteiger partial charge in [0.05, 0.1) is 18.1 Å². The Morgan fingerprint density at radius 1 is 1.17 bits per heavy atom. The SMILES string of the molecule is CCc1ccc2oc(C(=O)N(Cc3ccc(C)o3)C3CCS(=O)(=O)C3)c(C)c2c1. The number of carbonyl (C=O) groups excluding carboxylic acids is 1. The maximum atomic E-state index is 13.5. The summed E-state index contributed by atoms with van der Waals surface area (Å²) in [4.78, 5) is 15.1. The van der Waals surface area contributed by atoms with E-state index < -0.39 is 15.9 Å². The lowest BCUT2D eigenvalue weighted by molar-refractivity contribution is 0.0634. The molecule has 0 spiro atoms. The molecule has 4 rings (SSSR count). The van der Waals surface area contributed by atoms with Crippen molar-refractivity contribution in [3.8, 4) is 0 Å². The standard InChI is InChI=1S/C22H25NO5S/c1-4-16-6-8-20-19(11-16)15(3)21(28-20)22(24)23(12-18-7-5-14(2)27-18)17-9-10-29(25,26)13-17/h5-8,11,17H,4,9-10,12-13H2,1-3H3. The molecule has 0 radical (unpaired) electrons. The van der Waals surface area contributed by atoms with Crippen LogP contribution in [0.15, 0.2) is 39.2 Å². The molecule has 3 aromatic rings. The van der Waals surface area contributed by atoms with Gasteiger partial charge >= 0.3 is 0 Å². The molecule has 0 saturated carbocycles. The summed E-state index contributed by atoms with van der Waals surface area (Å²) in [5, 5.41) is 0.917. The Morgan fingerprint density at radius 2 is 1.97 bits per heavy atom. The molecule has 6 nitrogen and oxygen atoms in total. The van der Waals surface area contributed by atoms with E-state index in [1.165, 1.54) is 5.56 Å². The molecule has 1 aliphatic rings. The Morgan fingerprint density at radius 3 is 2.59 bits per heavy atom. The van der Waals surface area contributed by atoms with Gasteiger partial charge < -0.3 is 13.7 Å². The van der Waals surface area contributed by atoms with Crippen LogP contribution in [0.5, 0.6) is 0 Å². The molecule has 0 N–H and O–H groups in total. The van der Waals surface area contributed by atoms with Crippen LogP contribution in [0.4, 0.5) is 0 Å². The number of carbonyl (C=O) groups is 1. The highest BCUT2D eigenvalue weighted by molar-refractivity contribution is 7.91. The van der Waals surface area contributed by atoms with Gasteiger partial charge in [-0.3, -0.25) is 4.79 Å². The summed E-state index contributed by atoms with van der Waals surface area (Å²) in [6, 6.07) is 9.19. The fraction of sp³-hybridized carbons (Fsp3) is 0.409. The minimum Gasteiger partial charge on any atom is -0.464 e. The van der Waals surface area contributed by atoms with Crippen LogP contribution in [0.2, 0.25) is 0 Å². The quantitative estimate of drug-likeness (QED) is 0.628. The van der Waals surface area contributed by atoms with E-state index in [0.29, 0.717) is 17.8 Å². The predicted molar refractivity (Wildman–Crippen MR) is 111 cm³/mol. The van der Waals surface area contributed by atoms with Crippen LogP contribution in [-0.2, 0) is 22.8 Å². The fourth-order valence-electron chi connectivity index (χ4n) is 3.95. The van der Waals surface area contributed by atoms with Crippen molar-refractivity contribution < 1.29 is 22.0 Å². The first-order chi connectivity index (χ1) is 13.8. The van der Waals surface area contributed by atoms with E-state index in [2.05, 4.69) is 6.92 Å². The maximum Gasteiger partial charge on any atom is 0.290 e. The van der Waals surface area contributed by atoms with Crippen LogP contribution in [0.25, 0.3) is 11.0 Å². The van der Waals surface area contributed by atoms with E-state index in [1.54, 1.807) is 4.90 Å². The number of aryl methyl sites for hydroxylation is 3. The van der Waals surface area contributed by atoms with Gasteiger partial charge in [-0.25, -0.2) is 8.42 Å². The first-order valence-corrected chi connectivity index (χ1v) is 11.7. The Kier molecular flexibility index (Phi) is 5.02.